The van der Waals surface area contributed by atoms with E-state index < -0.39 is 10.2 Å². The molecule has 0 aromatic heterocycles. The molecule has 0 bridgehead atoms. The van der Waals surface area contributed by atoms with Crippen LogP contribution in [0, 0.1) is 0 Å². The first-order chi connectivity index (χ1) is 8.00. The van der Waals surface area contributed by atoms with Gasteiger partial charge in [0.1, 0.15) is 0 Å². The predicted octanol–water partition coefficient (Wildman–Crippen LogP) is -0.507. The lowest BCUT2D eigenvalue weighted by Gasteiger charge is -2.34. The largest absolute Gasteiger partial charge is 0.383 e. The topological polar surface area (TPSA) is 61.9 Å². The van der Waals surface area contributed by atoms with Crippen LogP contribution < -0.4 is 5.32 Å². The predicted molar refractivity (Wildman–Crippen MR) is 67.1 cm³/mol. The standard InChI is InChI=1S/C10H23N3O3S/c1-10(2)13(8-9-16-3)17(14,15)12-6-4-11-5-7-12/h10-11H,4-9H2,1-3H3. The lowest BCUT2D eigenvalue weighted by molar-refractivity contribution is 0.166. The molecule has 1 saturated heterocycles. The van der Waals surface area contributed by atoms with Crippen molar-refractivity contribution in [2.75, 3.05) is 46.4 Å². The van der Waals surface area contributed by atoms with Gasteiger partial charge >= 0.3 is 0 Å². The third-order valence-electron chi connectivity index (χ3n) is 2.79. The first-order valence-electron chi connectivity index (χ1n) is 5.96. The zero-order valence-electron chi connectivity index (χ0n) is 10.8. The summed E-state index contributed by atoms with van der Waals surface area (Å²) in [7, 11) is -1.77. The summed E-state index contributed by atoms with van der Waals surface area (Å²) in [5.74, 6) is 0. The van der Waals surface area contributed by atoms with Crippen LogP contribution in [-0.2, 0) is 14.9 Å². The fourth-order valence-electron chi connectivity index (χ4n) is 1.84. The first kappa shape index (κ1) is 14.8. The molecule has 0 amide bonds. The van der Waals surface area contributed by atoms with E-state index >= 15 is 0 Å². The molecule has 6 nitrogen and oxygen atoms in total. The van der Waals surface area contributed by atoms with E-state index in [2.05, 4.69) is 5.32 Å². The van der Waals surface area contributed by atoms with Crippen molar-refractivity contribution in [2.24, 2.45) is 0 Å². The van der Waals surface area contributed by atoms with Crippen LogP contribution in [-0.4, -0.2) is 69.5 Å². The van der Waals surface area contributed by atoms with E-state index in [-0.39, 0.29) is 6.04 Å². The highest BCUT2D eigenvalue weighted by molar-refractivity contribution is 7.86. The van der Waals surface area contributed by atoms with Crippen LogP contribution in [0.3, 0.4) is 0 Å². The molecule has 1 aliphatic rings. The molecule has 0 aromatic rings. The molecule has 0 radical (unpaired) electrons. The van der Waals surface area contributed by atoms with E-state index in [1.165, 1.54) is 4.31 Å². The highest BCUT2D eigenvalue weighted by Gasteiger charge is 2.31. The summed E-state index contributed by atoms with van der Waals surface area (Å²) in [6.07, 6.45) is 0. The smallest absolute Gasteiger partial charge is 0.282 e. The van der Waals surface area contributed by atoms with Crippen LogP contribution >= 0.6 is 0 Å². The van der Waals surface area contributed by atoms with Gasteiger partial charge in [-0.2, -0.15) is 17.0 Å². The van der Waals surface area contributed by atoms with Gasteiger partial charge in [-0.25, -0.2) is 0 Å². The van der Waals surface area contributed by atoms with Crippen molar-refractivity contribution in [3.8, 4) is 0 Å². The van der Waals surface area contributed by atoms with E-state index in [4.69, 9.17) is 4.74 Å². The summed E-state index contributed by atoms with van der Waals surface area (Å²) in [5.41, 5.74) is 0. The van der Waals surface area contributed by atoms with Gasteiger partial charge in [-0.3, -0.25) is 0 Å². The van der Waals surface area contributed by atoms with E-state index in [9.17, 15) is 8.42 Å². The fourth-order valence-corrected chi connectivity index (χ4v) is 3.62. The Morgan fingerprint density at radius 1 is 1.35 bits per heavy atom. The molecule has 0 saturated carbocycles. The van der Waals surface area contributed by atoms with Crippen LogP contribution in [0.15, 0.2) is 0 Å². The van der Waals surface area contributed by atoms with Crippen molar-refractivity contribution in [1.82, 2.24) is 13.9 Å². The summed E-state index contributed by atoms with van der Waals surface area (Å²) in [6.45, 7) is 7.11. The Bertz CT molecular complexity index is 313. The van der Waals surface area contributed by atoms with Gasteiger partial charge in [-0.1, -0.05) is 0 Å². The molecule has 0 aromatic carbocycles. The van der Waals surface area contributed by atoms with Crippen molar-refractivity contribution in [3.63, 3.8) is 0 Å². The van der Waals surface area contributed by atoms with E-state index in [1.807, 2.05) is 13.8 Å². The van der Waals surface area contributed by atoms with Crippen molar-refractivity contribution >= 4 is 10.2 Å². The van der Waals surface area contributed by atoms with Gasteiger partial charge in [0.2, 0.25) is 0 Å². The zero-order valence-corrected chi connectivity index (χ0v) is 11.7. The number of ether oxygens (including phenoxy) is 1. The number of rotatable bonds is 6. The summed E-state index contributed by atoms with van der Waals surface area (Å²) >= 11 is 0. The molecule has 17 heavy (non-hydrogen) atoms. The van der Waals surface area contributed by atoms with Gasteiger partial charge in [-0.05, 0) is 13.8 Å². The van der Waals surface area contributed by atoms with Crippen LogP contribution in [0.1, 0.15) is 13.8 Å². The van der Waals surface area contributed by atoms with Crippen molar-refractivity contribution in [2.45, 2.75) is 19.9 Å². The third-order valence-corrected chi connectivity index (χ3v) is 5.01. The molecular weight excluding hydrogens is 242 g/mol. The maximum absolute atomic E-state index is 12.4. The molecule has 0 unspecified atom stereocenters. The molecule has 0 spiro atoms. The summed E-state index contributed by atoms with van der Waals surface area (Å²) in [6, 6.07) is -0.0509. The molecule has 0 atom stereocenters. The molecule has 1 N–H and O–H groups in total. The maximum atomic E-state index is 12.4. The summed E-state index contributed by atoms with van der Waals surface area (Å²) < 4.78 is 32.8. The van der Waals surface area contributed by atoms with E-state index in [0.717, 1.165) is 13.1 Å². The summed E-state index contributed by atoms with van der Waals surface area (Å²) in [5, 5.41) is 3.15. The number of methoxy groups -OCH3 is 1. The van der Waals surface area contributed by atoms with Crippen molar-refractivity contribution < 1.29 is 13.2 Å². The van der Waals surface area contributed by atoms with Crippen molar-refractivity contribution in [1.29, 1.82) is 0 Å². The molecule has 1 fully saturated rings. The number of piperazine rings is 1. The Labute approximate surface area is 104 Å². The van der Waals surface area contributed by atoms with E-state index in [0.29, 0.717) is 26.2 Å². The monoisotopic (exact) mass is 265 g/mol. The number of hydrogen-bond acceptors (Lipinski definition) is 4. The molecule has 1 rings (SSSR count). The molecule has 102 valence electrons. The fraction of sp³-hybridized carbons (Fsp3) is 1.00. The second-order valence-corrected chi connectivity index (χ2v) is 6.24. The molecule has 1 heterocycles. The highest BCUT2D eigenvalue weighted by Crippen LogP contribution is 2.12. The van der Waals surface area contributed by atoms with Gasteiger partial charge in [-0.15, -0.1) is 0 Å². The Morgan fingerprint density at radius 2 is 1.94 bits per heavy atom. The lowest BCUT2D eigenvalue weighted by atomic mass is 10.4. The summed E-state index contributed by atoms with van der Waals surface area (Å²) in [4.78, 5) is 0. The van der Waals surface area contributed by atoms with Gasteiger partial charge < -0.3 is 10.1 Å². The van der Waals surface area contributed by atoms with Crippen LogP contribution in [0.25, 0.3) is 0 Å². The van der Waals surface area contributed by atoms with Gasteiger partial charge in [0, 0.05) is 45.9 Å². The van der Waals surface area contributed by atoms with E-state index in [1.54, 1.807) is 11.4 Å². The second-order valence-electron chi connectivity index (χ2n) is 4.35. The van der Waals surface area contributed by atoms with Crippen LogP contribution in [0.2, 0.25) is 0 Å². The molecular formula is C10H23N3O3S. The normalized spacial score (nSPS) is 19.1. The van der Waals surface area contributed by atoms with Gasteiger partial charge in [0.05, 0.1) is 6.61 Å². The zero-order chi connectivity index (χ0) is 12.9. The minimum atomic E-state index is -3.35. The molecule has 0 aliphatic carbocycles. The Kier molecular flexibility index (Phi) is 5.81. The molecule has 1 aliphatic heterocycles. The average molecular weight is 265 g/mol. The number of nitrogens with one attached hydrogen (secondary N) is 1. The minimum absolute atomic E-state index is 0.0509. The Hall–Kier alpha value is -0.210. The Balaban J connectivity index is 2.75. The van der Waals surface area contributed by atoms with Crippen molar-refractivity contribution in [3.05, 3.63) is 0 Å². The minimum Gasteiger partial charge on any atom is -0.383 e. The second kappa shape index (κ2) is 6.65. The first-order valence-corrected chi connectivity index (χ1v) is 7.36. The average Bonchev–Trinajstić information content (AvgIpc) is 2.30. The number of nitrogens with zero attached hydrogens (tertiary/aromatic N) is 2. The third kappa shape index (κ3) is 3.89. The quantitative estimate of drug-likeness (QED) is 0.703. The van der Waals surface area contributed by atoms with Gasteiger partial charge in [0.15, 0.2) is 0 Å². The lowest BCUT2D eigenvalue weighted by Crippen LogP contribution is -2.53. The highest BCUT2D eigenvalue weighted by atomic mass is 32.2. The van der Waals surface area contributed by atoms with Gasteiger partial charge in [0.25, 0.3) is 10.2 Å². The maximum Gasteiger partial charge on any atom is 0.282 e. The number of hydrogen-bond donors (Lipinski definition) is 1. The molecule has 7 heteroatoms. The van der Waals surface area contributed by atoms with Crippen LogP contribution in [0.4, 0.5) is 0 Å². The van der Waals surface area contributed by atoms with Crippen LogP contribution in [0.5, 0.6) is 0 Å². The Morgan fingerprint density at radius 3 is 2.41 bits per heavy atom. The SMILES string of the molecule is COCCN(C(C)C)S(=O)(=O)N1CCNCC1.